The van der Waals surface area contributed by atoms with E-state index in [0.29, 0.717) is 6.61 Å². The van der Waals surface area contributed by atoms with Gasteiger partial charge < -0.3 is 14.2 Å². The molecule has 3 nitrogen and oxygen atoms in total. The van der Waals surface area contributed by atoms with Crippen LogP contribution in [0.4, 0.5) is 0 Å². The number of benzene rings is 3. The van der Waals surface area contributed by atoms with Crippen LogP contribution in [0.15, 0.2) is 66.7 Å². The Balaban J connectivity index is 1.14. The van der Waals surface area contributed by atoms with Crippen LogP contribution in [0.2, 0.25) is 0 Å². The first-order valence-corrected chi connectivity index (χ1v) is 13.8. The molecule has 198 valence electrons. The molecule has 38 heavy (non-hydrogen) atoms. The molecule has 0 atom stereocenters. The fraction of sp³-hybridized carbons (Fsp3) is 0.371. The smallest absolute Gasteiger partial charge is 0.134 e. The predicted molar refractivity (Wildman–Crippen MR) is 158 cm³/mol. The molecule has 3 heteroatoms. The van der Waals surface area contributed by atoms with Gasteiger partial charge in [-0.05, 0) is 66.4 Å². The van der Waals surface area contributed by atoms with E-state index < -0.39 is 0 Å². The molecule has 0 aliphatic heterocycles. The molecule has 0 spiro atoms. The molecule has 0 fully saturated rings. The normalized spacial score (nSPS) is 10.4. The molecule has 0 unspecified atom stereocenters. The Bertz CT molecular complexity index is 1160. The molecular weight excluding hydrogens is 468 g/mol. The van der Waals surface area contributed by atoms with Gasteiger partial charge in [-0.3, -0.25) is 0 Å². The predicted octanol–water partition coefficient (Wildman–Crippen LogP) is 8.68. The number of hydrogen-bond acceptors (Lipinski definition) is 3. The van der Waals surface area contributed by atoms with Crippen molar-refractivity contribution in [3.63, 3.8) is 0 Å². The first kappa shape index (κ1) is 28.7. The van der Waals surface area contributed by atoms with E-state index in [2.05, 4.69) is 48.2 Å². The number of ether oxygens (including phenoxy) is 3. The van der Waals surface area contributed by atoms with Gasteiger partial charge in [-0.1, -0.05) is 87.5 Å². The van der Waals surface area contributed by atoms with Gasteiger partial charge in [-0.2, -0.15) is 0 Å². The van der Waals surface area contributed by atoms with Gasteiger partial charge in [0, 0.05) is 5.56 Å². The highest BCUT2D eigenvalue weighted by atomic mass is 16.5. The zero-order valence-electron chi connectivity index (χ0n) is 22.7. The van der Waals surface area contributed by atoms with Crippen LogP contribution in [0.3, 0.4) is 0 Å². The summed E-state index contributed by atoms with van der Waals surface area (Å²) in [5.74, 6) is 7.81. The fourth-order valence-electron chi connectivity index (χ4n) is 4.38. The Kier molecular flexibility index (Phi) is 12.7. The van der Waals surface area contributed by atoms with Crippen molar-refractivity contribution in [3.05, 3.63) is 77.9 Å². The molecule has 0 aliphatic rings. The monoisotopic (exact) mass is 508 g/mol. The highest BCUT2D eigenvalue weighted by Crippen LogP contribution is 2.25. The SMILES string of the molecule is C#Cc1ccc(OCCCCCCCCCCCCOc2ccc(-c3ccc(OC)cc3)cc2)c(C#C)c1. The zero-order valence-corrected chi connectivity index (χ0v) is 22.7. The van der Waals surface area contributed by atoms with Crippen LogP contribution in [0.25, 0.3) is 11.1 Å². The maximum absolute atomic E-state index is 5.93. The van der Waals surface area contributed by atoms with Gasteiger partial charge in [0.05, 0.1) is 25.9 Å². The Labute approximate surface area is 229 Å². The number of unbranched alkanes of at least 4 members (excludes halogenated alkanes) is 9. The molecule has 0 heterocycles. The molecule has 0 saturated heterocycles. The molecule has 0 amide bonds. The molecule has 3 aromatic carbocycles. The Hall–Kier alpha value is -3.82. The summed E-state index contributed by atoms with van der Waals surface area (Å²) in [5, 5.41) is 0. The molecule has 0 N–H and O–H groups in total. The third-order valence-electron chi connectivity index (χ3n) is 6.64. The molecule has 3 rings (SSSR count). The minimum Gasteiger partial charge on any atom is -0.497 e. The van der Waals surface area contributed by atoms with Crippen molar-refractivity contribution in [1.82, 2.24) is 0 Å². The van der Waals surface area contributed by atoms with Crippen LogP contribution in [-0.4, -0.2) is 20.3 Å². The van der Waals surface area contributed by atoms with Gasteiger partial charge in [0.25, 0.3) is 0 Å². The highest BCUT2D eigenvalue weighted by molar-refractivity contribution is 5.64. The second kappa shape index (κ2) is 16.8. The van der Waals surface area contributed by atoms with Gasteiger partial charge in [0.2, 0.25) is 0 Å². The van der Waals surface area contributed by atoms with Crippen molar-refractivity contribution in [2.75, 3.05) is 20.3 Å². The van der Waals surface area contributed by atoms with E-state index >= 15 is 0 Å². The first-order valence-electron chi connectivity index (χ1n) is 13.8. The van der Waals surface area contributed by atoms with E-state index in [1.807, 2.05) is 30.3 Å². The number of hydrogen-bond donors (Lipinski definition) is 0. The van der Waals surface area contributed by atoms with Crippen LogP contribution in [-0.2, 0) is 0 Å². The van der Waals surface area contributed by atoms with E-state index in [9.17, 15) is 0 Å². The summed E-state index contributed by atoms with van der Waals surface area (Å²) < 4.78 is 17.0. The molecule has 0 bridgehead atoms. The van der Waals surface area contributed by atoms with Crippen LogP contribution in [0.5, 0.6) is 17.2 Å². The summed E-state index contributed by atoms with van der Waals surface area (Å²) >= 11 is 0. The minimum absolute atomic E-state index is 0.693. The Morgan fingerprint density at radius 1 is 0.553 bits per heavy atom. The molecule has 0 aliphatic carbocycles. The van der Waals surface area contributed by atoms with Crippen molar-refractivity contribution >= 4 is 0 Å². The zero-order chi connectivity index (χ0) is 26.8. The quantitative estimate of drug-likeness (QED) is 0.135. The number of methoxy groups -OCH3 is 1. The minimum atomic E-state index is 0.693. The molecule has 0 radical (unpaired) electrons. The lowest BCUT2D eigenvalue weighted by atomic mass is 10.1. The topological polar surface area (TPSA) is 27.7 Å². The molecule has 0 saturated carbocycles. The van der Waals surface area contributed by atoms with E-state index in [0.717, 1.165) is 47.8 Å². The third kappa shape index (κ3) is 9.91. The summed E-state index contributed by atoms with van der Waals surface area (Å²) in [5.41, 5.74) is 3.87. The lowest BCUT2D eigenvalue weighted by Gasteiger charge is -2.09. The summed E-state index contributed by atoms with van der Waals surface area (Å²) in [6.07, 6.45) is 23.3. The average molecular weight is 509 g/mol. The largest absolute Gasteiger partial charge is 0.497 e. The first-order chi connectivity index (χ1) is 18.7. The standard InChI is InChI=1S/C35H40O3/c1-4-29-16-25-35(30(5-2)28-29)38-27-15-13-11-9-7-6-8-10-12-14-26-37-34-23-19-32(20-24-34)31-17-21-33(36-3)22-18-31/h1-2,16-25,28H,6-15,26-27H2,3H3. The van der Waals surface area contributed by atoms with Crippen LogP contribution < -0.4 is 14.2 Å². The van der Waals surface area contributed by atoms with Gasteiger partial charge >= 0.3 is 0 Å². The number of terminal acetylenes is 2. The summed E-state index contributed by atoms with van der Waals surface area (Å²) in [7, 11) is 1.68. The summed E-state index contributed by atoms with van der Waals surface area (Å²) in [6, 6.07) is 22.0. The van der Waals surface area contributed by atoms with E-state index in [1.54, 1.807) is 7.11 Å². The van der Waals surface area contributed by atoms with Gasteiger partial charge in [0.1, 0.15) is 17.2 Å². The van der Waals surface area contributed by atoms with Crippen molar-refractivity contribution in [2.45, 2.75) is 64.2 Å². The Morgan fingerprint density at radius 2 is 1.05 bits per heavy atom. The number of rotatable bonds is 17. The van der Waals surface area contributed by atoms with E-state index in [-0.39, 0.29) is 0 Å². The van der Waals surface area contributed by atoms with Crippen molar-refractivity contribution < 1.29 is 14.2 Å². The maximum Gasteiger partial charge on any atom is 0.134 e. The third-order valence-corrected chi connectivity index (χ3v) is 6.64. The molecule has 3 aromatic rings. The van der Waals surface area contributed by atoms with E-state index in [4.69, 9.17) is 27.1 Å². The van der Waals surface area contributed by atoms with Gasteiger partial charge in [-0.15, -0.1) is 12.8 Å². The van der Waals surface area contributed by atoms with Gasteiger partial charge in [-0.25, -0.2) is 0 Å². The van der Waals surface area contributed by atoms with Crippen LogP contribution >= 0.6 is 0 Å². The average Bonchev–Trinajstić information content (AvgIpc) is 2.97. The lowest BCUT2D eigenvalue weighted by Crippen LogP contribution is -1.99. The second-order valence-corrected chi connectivity index (χ2v) is 9.48. The maximum atomic E-state index is 5.93. The van der Waals surface area contributed by atoms with Crippen molar-refractivity contribution in [3.8, 4) is 53.1 Å². The van der Waals surface area contributed by atoms with Crippen LogP contribution in [0, 0.1) is 24.7 Å². The van der Waals surface area contributed by atoms with E-state index in [1.165, 1.54) is 62.5 Å². The lowest BCUT2D eigenvalue weighted by molar-refractivity contribution is 0.302. The van der Waals surface area contributed by atoms with Crippen molar-refractivity contribution in [2.24, 2.45) is 0 Å². The molecule has 0 aromatic heterocycles. The van der Waals surface area contributed by atoms with Crippen LogP contribution in [0.1, 0.15) is 75.3 Å². The fourth-order valence-corrected chi connectivity index (χ4v) is 4.38. The molecular formula is C35H40O3. The van der Waals surface area contributed by atoms with Gasteiger partial charge in [0.15, 0.2) is 0 Å². The highest BCUT2D eigenvalue weighted by Gasteiger charge is 2.03. The van der Waals surface area contributed by atoms with Crippen molar-refractivity contribution in [1.29, 1.82) is 0 Å². The second-order valence-electron chi connectivity index (χ2n) is 9.48. The summed E-state index contributed by atoms with van der Waals surface area (Å²) in [4.78, 5) is 0. The summed E-state index contributed by atoms with van der Waals surface area (Å²) in [6.45, 7) is 1.47. The Morgan fingerprint density at radius 3 is 1.55 bits per heavy atom.